The number of hydrogen-bond donors (Lipinski definition) is 1. The third kappa shape index (κ3) is 4.01. The van der Waals surface area contributed by atoms with E-state index in [0.717, 1.165) is 16.7 Å². The maximum absolute atomic E-state index is 12.2. The van der Waals surface area contributed by atoms with Crippen molar-refractivity contribution in [3.63, 3.8) is 0 Å². The van der Waals surface area contributed by atoms with E-state index in [4.69, 9.17) is 26.5 Å². The van der Waals surface area contributed by atoms with Gasteiger partial charge in [-0.3, -0.25) is 14.5 Å². The molecule has 1 aliphatic rings. The highest BCUT2D eigenvalue weighted by atomic mass is 32.2. The molecule has 1 fully saturated rings. The first kappa shape index (κ1) is 17.9. The van der Waals surface area contributed by atoms with Gasteiger partial charge in [-0.1, -0.05) is 36.1 Å². The summed E-state index contributed by atoms with van der Waals surface area (Å²) in [4.78, 5) is 36.2. The quantitative estimate of drug-likeness (QED) is 0.361. The summed E-state index contributed by atoms with van der Waals surface area (Å²) in [6, 6.07) is 9.55. The average Bonchev–Trinajstić information content (AvgIpc) is 3.22. The van der Waals surface area contributed by atoms with Gasteiger partial charge < -0.3 is 14.3 Å². The Morgan fingerprint density at radius 1 is 1.27 bits per heavy atom. The lowest BCUT2D eigenvalue weighted by Crippen LogP contribution is -2.33. The minimum Gasteiger partial charge on any atom is -0.480 e. The van der Waals surface area contributed by atoms with Gasteiger partial charge in [0.2, 0.25) is 5.76 Å². The third-order valence-electron chi connectivity index (χ3n) is 3.28. The first-order valence-electron chi connectivity index (χ1n) is 7.27. The molecule has 1 N–H and O–H groups in total. The van der Waals surface area contributed by atoms with Gasteiger partial charge in [0, 0.05) is 0 Å². The summed E-state index contributed by atoms with van der Waals surface area (Å²) < 4.78 is 10.3. The number of nitrogens with zero attached hydrogens (tertiary/aromatic N) is 1. The first-order valence-corrected chi connectivity index (χ1v) is 8.49. The molecule has 26 heavy (non-hydrogen) atoms. The number of thioether (sulfide) groups is 1. The smallest absolute Gasteiger partial charge is 0.379 e. The van der Waals surface area contributed by atoms with Gasteiger partial charge in [-0.15, -0.1) is 0 Å². The molecule has 1 saturated heterocycles. The molecule has 1 aromatic carbocycles. The Hall–Kier alpha value is -2.91. The zero-order chi connectivity index (χ0) is 18.7. The van der Waals surface area contributed by atoms with Crippen LogP contribution >= 0.6 is 24.0 Å². The standard InChI is InChI=1S/C17H11NO6S2/c19-14(20)9-18-15(21)13(26-17(18)25)8-10-3-5-11(6-4-10)24-16(22)12-2-1-7-23-12/h1-8H,9H2,(H,19,20). The maximum Gasteiger partial charge on any atom is 0.379 e. The predicted molar refractivity (Wildman–Crippen MR) is 97.6 cm³/mol. The summed E-state index contributed by atoms with van der Waals surface area (Å²) in [6.45, 7) is -0.469. The Morgan fingerprint density at radius 3 is 2.62 bits per heavy atom. The van der Waals surface area contributed by atoms with Crippen molar-refractivity contribution in [3.05, 3.63) is 58.9 Å². The van der Waals surface area contributed by atoms with Crippen molar-refractivity contribution in [2.24, 2.45) is 0 Å². The lowest BCUT2D eigenvalue weighted by Gasteiger charge is -2.10. The molecule has 0 radical (unpaired) electrons. The van der Waals surface area contributed by atoms with E-state index in [1.54, 1.807) is 36.4 Å². The van der Waals surface area contributed by atoms with Gasteiger partial charge >= 0.3 is 11.9 Å². The Balaban J connectivity index is 1.70. The number of carbonyl (C=O) groups is 3. The van der Waals surface area contributed by atoms with E-state index in [9.17, 15) is 14.4 Å². The number of amides is 1. The molecule has 1 aliphatic heterocycles. The van der Waals surface area contributed by atoms with Crippen LogP contribution in [0.15, 0.2) is 52.0 Å². The number of thiocarbonyl (C=S) groups is 1. The van der Waals surface area contributed by atoms with Gasteiger partial charge in [0.15, 0.2) is 0 Å². The van der Waals surface area contributed by atoms with Crippen LogP contribution in [0.2, 0.25) is 0 Å². The fraction of sp³-hybridized carbons (Fsp3) is 0.0588. The fourth-order valence-corrected chi connectivity index (χ4v) is 3.36. The van der Waals surface area contributed by atoms with Gasteiger partial charge in [0.1, 0.15) is 16.6 Å². The Kier molecular flexibility index (Phi) is 5.19. The van der Waals surface area contributed by atoms with Crippen molar-refractivity contribution in [1.82, 2.24) is 4.90 Å². The Labute approximate surface area is 157 Å². The summed E-state index contributed by atoms with van der Waals surface area (Å²) in [7, 11) is 0. The van der Waals surface area contributed by atoms with Crippen LogP contribution in [0.4, 0.5) is 0 Å². The third-order valence-corrected chi connectivity index (χ3v) is 4.66. The van der Waals surface area contributed by atoms with E-state index < -0.39 is 24.4 Å². The predicted octanol–water partition coefficient (Wildman–Crippen LogP) is 2.78. The topological polar surface area (TPSA) is 97.0 Å². The molecule has 2 heterocycles. The maximum atomic E-state index is 12.2. The largest absolute Gasteiger partial charge is 0.480 e. The lowest BCUT2D eigenvalue weighted by molar-refractivity contribution is -0.140. The number of rotatable bonds is 5. The number of benzene rings is 1. The molecular weight excluding hydrogens is 378 g/mol. The summed E-state index contributed by atoms with van der Waals surface area (Å²) >= 11 is 6.07. The van der Waals surface area contributed by atoms with Gasteiger partial charge in [0.25, 0.3) is 5.91 Å². The summed E-state index contributed by atoms with van der Waals surface area (Å²) in [5, 5.41) is 8.83. The fourth-order valence-electron chi connectivity index (χ4n) is 2.11. The summed E-state index contributed by atoms with van der Waals surface area (Å²) in [5.41, 5.74) is 0.679. The zero-order valence-corrected chi connectivity index (χ0v) is 14.7. The van der Waals surface area contributed by atoms with Crippen LogP contribution in [0.1, 0.15) is 16.1 Å². The Bertz CT molecular complexity index is 902. The minimum absolute atomic E-state index is 0.0937. The molecule has 1 aromatic heterocycles. The normalized spacial score (nSPS) is 15.5. The van der Waals surface area contributed by atoms with E-state index >= 15 is 0 Å². The molecule has 0 atom stereocenters. The van der Waals surface area contributed by atoms with Gasteiger partial charge in [-0.05, 0) is 35.9 Å². The monoisotopic (exact) mass is 389 g/mol. The Morgan fingerprint density at radius 2 is 2.00 bits per heavy atom. The summed E-state index contributed by atoms with van der Waals surface area (Å²) in [6.07, 6.45) is 2.97. The van der Waals surface area contributed by atoms with E-state index in [2.05, 4.69) is 0 Å². The first-order chi connectivity index (χ1) is 12.4. The minimum atomic E-state index is -1.13. The molecule has 0 unspecified atom stereocenters. The number of carboxylic acids is 1. The van der Waals surface area contributed by atoms with Crippen molar-refractivity contribution in [1.29, 1.82) is 0 Å². The van der Waals surface area contributed by atoms with Crippen LogP contribution in [-0.4, -0.2) is 38.7 Å². The van der Waals surface area contributed by atoms with E-state index in [1.165, 1.54) is 12.3 Å². The van der Waals surface area contributed by atoms with Crippen LogP contribution < -0.4 is 4.74 Å². The molecule has 3 rings (SSSR count). The number of carbonyl (C=O) groups excluding carboxylic acids is 2. The van der Waals surface area contributed by atoms with E-state index in [1.807, 2.05) is 0 Å². The van der Waals surface area contributed by atoms with Crippen molar-refractivity contribution >= 4 is 52.2 Å². The van der Waals surface area contributed by atoms with Crippen LogP contribution in [0.25, 0.3) is 6.08 Å². The molecule has 0 aliphatic carbocycles. The second-order valence-corrected chi connectivity index (χ2v) is 6.77. The van der Waals surface area contributed by atoms with Crippen LogP contribution in [0, 0.1) is 0 Å². The van der Waals surface area contributed by atoms with Crippen molar-refractivity contribution < 1.29 is 28.6 Å². The summed E-state index contributed by atoms with van der Waals surface area (Å²) in [5.74, 6) is -1.78. The van der Waals surface area contributed by atoms with Gasteiger partial charge in [-0.2, -0.15) is 0 Å². The van der Waals surface area contributed by atoms with Crippen molar-refractivity contribution in [2.45, 2.75) is 0 Å². The van der Waals surface area contributed by atoms with Crippen molar-refractivity contribution in [3.8, 4) is 5.75 Å². The highest BCUT2D eigenvalue weighted by Crippen LogP contribution is 2.32. The number of ether oxygens (including phenoxy) is 1. The molecule has 0 saturated carbocycles. The second kappa shape index (κ2) is 7.54. The van der Waals surface area contributed by atoms with E-state index in [-0.39, 0.29) is 10.1 Å². The molecule has 132 valence electrons. The number of aliphatic carboxylic acids is 1. The number of carboxylic acid groups (broad SMARTS) is 1. The molecule has 0 spiro atoms. The number of hydrogen-bond acceptors (Lipinski definition) is 7. The highest BCUT2D eigenvalue weighted by molar-refractivity contribution is 8.26. The molecule has 7 nitrogen and oxygen atoms in total. The van der Waals surface area contributed by atoms with Crippen LogP contribution in [0.5, 0.6) is 5.75 Å². The van der Waals surface area contributed by atoms with Gasteiger partial charge in [-0.25, -0.2) is 4.79 Å². The molecule has 9 heteroatoms. The number of esters is 1. The lowest BCUT2D eigenvalue weighted by atomic mass is 10.2. The van der Waals surface area contributed by atoms with E-state index in [0.29, 0.717) is 16.2 Å². The highest BCUT2D eigenvalue weighted by Gasteiger charge is 2.33. The van der Waals surface area contributed by atoms with Crippen LogP contribution in [0.3, 0.4) is 0 Å². The average molecular weight is 389 g/mol. The second-order valence-electron chi connectivity index (χ2n) is 5.10. The van der Waals surface area contributed by atoms with Gasteiger partial charge in [0.05, 0.1) is 11.2 Å². The molecule has 0 bridgehead atoms. The van der Waals surface area contributed by atoms with Crippen LogP contribution in [-0.2, 0) is 9.59 Å². The SMILES string of the molecule is O=C(O)CN1C(=O)C(=Cc2ccc(OC(=O)c3ccco3)cc2)SC1=S. The molecule has 2 aromatic rings. The number of furan rings is 1. The molecular formula is C17H11NO6S2. The molecule has 1 amide bonds. The zero-order valence-electron chi connectivity index (χ0n) is 13.1. The van der Waals surface area contributed by atoms with Crippen molar-refractivity contribution in [2.75, 3.05) is 6.54 Å².